The van der Waals surface area contributed by atoms with E-state index in [0.717, 1.165) is 51.4 Å². The van der Waals surface area contributed by atoms with E-state index in [4.69, 9.17) is 4.74 Å². The van der Waals surface area contributed by atoms with Crippen molar-refractivity contribution in [2.45, 2.75) is 309 Å². The molecule has 0 radical (unpaired) electrons. The molecular formula is C53H103NO5. The molecule has 0 spiro atoms. The molecule has 0 rings (SSSR count). The SMILES string of the molecule is CCCCCCCCC/C=C/CCCCCCCC(=O)OC(CCCCCCCCC)CC(=O)NC(CO)C(O)CCCCCCCCCCCCCCCCCCC. The van der Waals surface area contributed by atoms with Gasteiger partial charge in [0.05, 0.1) is 25.2 Å². The van der Waals surface area contributed by atoms with Crippen LogP contribution >= 0.6 is 0 Å². The van der Waals surface area contributed by atoms with E-state index >= 15 is 0 Å². The van der Waals surface area contributed by atoms with E-state index < -0.39 is 18.2 Å². The van der Waals surface area contributed by atoms with E-state index in [1.165, 1.54) is 193 Å². The lowest BCUT2D eigenvalue weighted by molar-refractivity contribution is -0.151. The molecule has 0 fully saturated rings. The minimum absolute atomic E-state index is 0.0798. The maximum absolute atomic E-state index is 13.1. The summed E-state index contributed by atoms with van der Waals surface area (Å²) in [4.78, 5) is 26.0. The Morgan fingerprint density at radius 2 is 0.814 bits per heavy atom. The van der Waals surface area contributed by atoms with Crippen LogP contribution in [0.15, 0.2) is 12.2 Å². The maximum Gasteiger partial charge on any atom is 0.306 e. The quantitative estimate of drug-likeness (QED) is 0.0322. The van der Waals surface area contributed by atoms with Gasteiger partial charge < -0.3 is 20.3 Å². The number of nitrogens with one attached hydrogen (secondary N) is 1. The van der Waals surface area contributed by atoms with Crippen molar-refractivity contribution in [2.75, 3.05) is 6.61 Å². The first kappa shape index (κ1) is 57.6. The summed E-state index contributed by atoms with van der Waals surface area (Å²) < 4.78 is 5.90. The van der Waals surface area contributed by atoms with Gasteiger partial charge in [-0.3, -0.25) is 9.59 Å². The van der Waals surface area contributed by atoms with E-state index in [2.05, 4.69) is 38.2 Å². The fourth-order valence-electron chi connectivity index (χ4n) is 8.31. The van der Waals surface area contributed by atoms with Gasteiger partial charge in [0, 0.05) is 6.42 Å². The van der Waals surface area contributed by atoms with Gasteiger partial charge in [0.1, 0.15) is 6.10 Å². The number of allylic oxidation sites excluding steroid dienone is 2. The molecule has 3 N–H and O–H groups in total. The molecule has 0 bridgehead atoms. The summed E-state index contributed by atoms with van der Waals surface area (Å²) in [5, 5.41) is 23.7. The molecule has 3 atom stereocenters. The zero-order valence-electron chi connectivity index (χ0n) is 39.9. The van der Waals surface area contributed by atoms with Crippen molar-refractivity contribution in [3.05, 3.63) is 12.2 Å². The number of ether oxygens (including phenoxy) is 1. The molecule has 0 aliphatic rings. The molecule has 0 saturated carbocycles. The zero-order valence-corrected chi connectivity index (χ0v) is 39.9. The summed E-state index contributed by atoms with van der Waals surface area (Å²) >= 11 is 0. The number of rotatable bonds is 48. The second-order valence-electron chi connectivity index (χ2n) is 18.3. The van der Waals surface area contributed by atoms with Crippen molar-refractivity contribution in [3.63, 3.8) is 0 Å². The number of hydrogen-bond donors (Lipinski definition) is 3. The molecule has 6 heteroatoms. The standard InChI is InChI=1S/C53H103NO5/c1-4-7-10-13-16-18-20-22-24-26-27-29-31-33-36-39-42-45-51(56)50(48-55)54-52(57)47-49(44-41-38-35-15-12-9-6-3)59-53(58)46-43-40-37-34-32-30-28-25-23-21-19-17-14-11-8-5-2/h25,28,49-51,55-56H,4-24,26-27,29-48H2,1-3H3,(H,54,57)/b28-25+. The Morgan fingerprint density at radius 3 is 1.20 bits per heavy atom. The van der Waals surface area contributed by atoms with E-state index in [-0.39, 0.29) is 24.9 Å². The minimum atomic E-state index is -0.782. The summed E-state index contributed by atoms with van der Waals surface area (Å²) in [6, 6.07) is -0.695. The Balaban J connectivity index is 4.30. The van der Waals surface area contributed by atoms with Gasteiger partial charge in [-0.25, -0.2) is 0 Å². The van der Waals surface area contributed by atoms with Crippen LogP contribution in [0.25, 0.3) is 0 Å². The van der Waals surface area contributed by atoms with E-state index in [1.54, 1.807) is 0 Å². The van der Waals surface area contributed by atoms with Gasteiger partial charge in [-0.05, 0) is 51.4 Å². The number of carbonyl (C=O) groups excluding carboxylic acids is 2. The zero-order chi connectivity index (χ0) is 43.1. The first-order chi connectivity index (χ1) is 29.0. The van der Waals surface area contributed by atoms with Crippen molar-refractivity contribution in [1.82, 2.24) is 5.32 Å². The third-order valence-corrected chi connectivity index (χ3v) is 12.3. The monoisotopic (exact) mass is 834 g/mol. The highest BCUT2D eigenvalue weighted by molar-refractivity contribution is 5.77. The van der Waals surface area contributed by atoms with E-state index in [1.807, 2.05) is 0 Å². The van der Waals surface area contributed by atoms with Crippen LogP contribution in [-0.4, -0.2) is 46.9 Å². The van der Waals surface area contributed by atoms with Gasteiger partial charge in [-0.2, -0.15) is 0 Å². The van der Waals surface area contributed by atoms with Crippen LogP contribution in [-0.2, 0) is 14.3 Å². The Kier molecular flexibility index (Phi) is 46.5. The van der Waals surface area contributed by atoms with Gasteiger partial charge in [0.25, 0.3) is 0 Å². The lowest BCUT2D eigenvalue weighted by Crippen LogP contribution is -2.46. The van der Waals surface area contributed by atoms with Gasteiger partial charge >= 0.3 is 5.97 Å². The third kappa shape index (κ3) is 43.1. The van der Waals surface area contributed by atoms with Crippen molar-refractivity contribution >= 4 is 11.9 Å². The van der Waals surface area contributed by atoms with Gasteiger partial charge in [0.15, 0.2) is 0 Å². The Labute approximate surface area is 368 Å². The third-order valence-electron chi connectivity index (χ3n) is 12.3. The van der Waals surface area contributed by atoms with Crippen LogP contribution in [0.1, 0.15) is 290 Å². The minimum Gasteiger partial charge on any atom is -0.462 e. The van der Waals surface area contributed by atoms with Gasteiger partial charge in [-0.1, -0.05) is 238 Å². The number of carbonyl (C=O) groups is 2. The summed E-state index contributed by atoms with van der Waals surface area (Å²) in [6.07, 6.45) is 52.9. The molecule has 3 unspecified atom stereocenters. The number of aliphatic hydroxyl groups excluding tert-OH is 2. The molecule has 0 aromatic heterocycles. The number of aliphatic hydroxyl groups is 2. The number of amides is 1. The van der Waals surface area contributed by atoms with Crippen LogP contribution in [0, 0.1) is 0 Å². The Bertz CT molecular complexity index is 893. The van der Waals surface area contributed by atoms with Crippen LogP contribution < -0.4 is 5.32 Å². The smallest absolute Gasteiger partial charge is 0.306 e. The topological polar surface area (TPSA) is 95.9 Å². The predicted octanol–water partition coefficient (Wildman–Crippen LogP) is 15.7. The number of hydrogen-bond acceptors (Lipinski definition) is 5. The Morgan fingerprint density at radius 1 is 0.475 bits per heavy atom. The lowest BCUT2D eigenvalue weighted by atomic mass is 10.0. The fraction of sp³-hybridized carbons (Fsp3) is 0.925. The second kappa shape index (κ2) is 47.6. The summed E-state index contributed by atoms with van der Waals surface area (Å²) in [5.74, 6) is -0.473. The molecule has 0 aromatic carbocycles. The average Bonchev–Trinajstić information content (AvgIpc) is 3.23. The largest absolute Gasteiger partial charge is 0.462 e. The van der Waals surface area contributed by atoms with Crippen molar-refractivity contribution in [3.8, 4) is 0 Å². The molecule has 1 amide bonds. The van der Waals surface area contributed by atoms with Crippen molar-refractivity contribution < 1.29 is 24.5 Å². The maximum atomic E-state index is 13.1. The van der Waals surface area contributed by atoms with Crippen molar-refractivity contribution in [1.29, 1.82) is 0 Å². The molecule has 0 aliphatic carbocycles. The fourth-order valence-corrected chi connectivity index (χ4v) is 8.31. The highest BCUT2D eigenvalue weighted by Gasteiger charge is 2.24. The molecule has 350 valence electrons. The Hall–Kier alpha value is -1.40. The first-order valence-corrected chi connectivity index (χ1v) is 26.4. The lowest BCUT2D eigenvalue weighted by Gasteiger charge is -2.24. The molecule has 0 heterocycles. The van der Waals surface area contributed by atoms with Gasteiger partial charge in [-0.15, -0.1) is 0 Å². The highest BCUT2D eigenvalue weighted by atomic mass is 16.5. The number of unbranched alkanes of at least 4 members (excludes halogenated alkanes) is 34. The summed E-state index contributed by atoms with van der Waals surface area (Å²) in [6.45, 7) is 6.47. The van der Waals surface area contributed by atoms with E-state index in [9.17, 15) is 19.8 Å². The molecule has 0 aliphatic heterocycles. The van der Waals surface area contributed by atoms with E-state index in [0.29, 0.717) is 19.3 Å². The molecule has 59 heavy (non-hydrogen) atoms. The average molecular weight is 834 g/mol. The van der Waals surface area contributed by atoms with Crippen molar-refractivity contribution in [2.24, 2.45) is 0 Å². The molecule has 6 nitrogen and oxygen atoms in total. The molecule has 0 saturated heterocycles. The van der Waals surface area contributed by atoms with Gasteiger partial charge in [0.2, 0.25) is 5.91 Å². The predicted molar refractivity (Wildman–Crippen MR) is 255 cm³/mol. The normalized spacial score (nSPS) is 13.2. The summed E-state index contributed by atoms with van der Waals surface area (Å²) in [5.41, 5.74) is 0. The van der Waals surface area contributed by atoms with Crippen LogP contribution in [0.3, 0.4) is 0 Å². The molecular weight excluding hydrogens is 731 g/mol. The van der Waals surface area contributed by atoms with Crippen LogP contribution in [0.4, 0.5) is 0 Å². The first-order valence-electron chi connectivity index (χ1n) is 26.4. The highest BCUT2D eigenvalue weighted by Crippen LogP contribution is 2.18. The van der Waals surface area contributed by atoms with Crippen LogP contribution in [0.5, 0.6) is 0 Å². The van der Waals surface area contributed by atoms with Crippen LogP contribution in [0.2, 0.25) is 0 Å². The number of esters is 1. The summed E-state index contributed by atoms with van der Waals surface area (Å²) in [7, 11) is 0. The second-order valence-corrected chi connectivity index (χ2v) is 18.3. The molecule has 0 aromatic rings.